The molecule has 1 aliphatic rings. The Morgan fingerprint density at radius 3 is 2.86 bits per heavy atom. The van der Waals surface area contributed by atoms with Crippen molar-refractivity contribution in [2.45, 2.75) is 12.8 Å². The second kappa shape index (κ2) is 6.09. The summed E-state index contributed by atoms with van der Waals surface area (Å²) in [7, 11) is -3.18. The van der Waals surface area contributed by atoms with Gasteiger partial charge in [0.2, 0.25) is 5.91 Å². The fourth-order valence-electron chi connectivity index (χ4n) is 1.99. The molecule has 2 amide bonds. The Labute approximate surface area is 123 Å². The molecule has 0 unspecified atom stereocenters. The molecule has 0 spiro atoms. The highest BCUT2D eigenvalue weighted by Crippen LogP contribution is 2.23. The quantitative estimate of drug-likeness (QED) is 0.863. The third-order valence-electron chi connectivity index (χ3n) is 2.99. The Bertz CT molecular complexity index is 708. The molecular weight excluding hydrogens is 292 g/mol. The van der Waals surface area contributed by atoms with Crippen molar-refractivity contribution in [1.82, 2.24) is 5.32 Å². The van der Waals surface area contributed by atoms with Crippen molar-refractivity contribution >= 4 is 27.3 Å². The minimum absolute atomic E-state index is 0.0591. The largest absolute Gasteiger partial charge is 0.349 e. The second-order valence-corrected chi connectivity index (χ2v) is 6.76. The van der Waals surface area contributed by atoms with Crippen LogP contribution in [-0.2, 0) is 21.1 Å². The molecular formula is C14H16N2O4S. The molecule has 6 nitrogen and oxygen atoms in total. The van der Waals surface area contributed by atoms with Gasteiger partial charge in [0.25, 0.3) is 5.91 Å². The summed E-state index contributed by atoms with van der Waals surface area (Å²) in [5.41, 5.74) is 2.08. The molecule has 21 heavy (non-hydrogen) atoms. The van der Waals surface area contributed by atoms with Gasteiger partial charge in [-0.1, -0.05) is 12.1 Å². The van der Waals surface area contributed by atoms with E-state index in [1.54, 1.807) is 12.1 Å². The number of fused-ring (bicyclic) bond motifs is 1. The molecule has 2 rings (SSSR count). The molecule has 112 valence electrons. The van der Waals surface area contributed by atoms with Crippen LogP contribution in [0.1, 0.15) is 22.3 Å². The van der Waals surface area contributed by atoms with Gasteiger partial charge in [-0.3, -0.25) is 9.59 Å². The van der Waals surface area contributed by atoms with Crippen molar-refractivity contribution < 1.29 is 18.0 Å². The van der Waals surface area contributed by atoms with Crippen LogP contribution in [0.2, 0.25) is 0 Å². The molecule has 1 aliphatic heterocycles. The van der Waals surface area contributed by atoms with E-state index in [-0.39, 0.29) is 18.4 Å². The summed E-state index contributed by atoms with van der Waals surface area (Å²) in [4.78, 5) is 23.3. The van der Waals surface area contributed by atoms with E-state index in [9.17, 15) is 18.0 Å². The fourth-order valence-corrected chi connectivity index (χ4v) is 2.44. The molecule has 0 atom stereocenters. The van der Waals surface area contributed by atoms with Gasteiger partial charge in [0, 0.05) is 35.9 Å². The van der Waals surface area contributed by atoms with Gasteiger partial charge in [0.05, 0.1) is 0 Å². The van der Waals surface area contributed by atoms with E-state index >= 15 is 0 Å². The molecule has 1 aromatic carbocycles. The molecule has 0 aliphatic carbocycles. The topological polar surface area (TPSA) is 92.3 Å². The van der Waals surface area contributed by atoms with Crippen LogP contribution in [-0.4, -0.2) is 33.0 Å². The van der Waals surface area contributed by atoms with Gasteiger partial charge in [0.15, 0.2) is 9.84 Å². The summed E-state index contributed by atoms with van der Waals surface area (Å²) in [6, 6.07) is 5.13. The van der Waals surface area contributed by atoms with Crippen molar-refractivity contribution in [2.24, 2.45) is 0 Å². The standard InChI is InChI=1S/C14H16N2O4S/c1-21(19,20)8-2-7-15-14(18)11-4-3-10-5-6-13(17)16-12(10)9-11/h2-4,8-9H,5-7H2,1H3,(H,15,18)(H,16,17)/b8-2+. The monoisotopic (exact) mass is 308 g/mol. The van der Waals surface area contributed by atoms with E-state index in [2.05, 4.69) is 10.6 Å². The Morgan fingerprint density at radius 2 is 2.14 bits per heavy atom. The van der Waals surface area contributed by atoms with Crippen molar-refractivity contribution in [3.05, 3.63) is 40.8 Å². The Morgan fingerprint density at radius 1 is 1.38 bits per heavy atom. The SMILES string of the molecule is CS(=O)(=O)/C=C/CNC(=O)c1ccc2c(c1)NC(=O)CC2. The number of hydrogen-bond acceptors (Lipinski definition) is 4. The molecule has 0 bridgehead atoms. The van der Waals surface area contributed by atoms with Crippen LogP contribution in [0.4, 0.5) is 5.69 Å². The summed E-state index contributed by atoms with van der Waals surface area (Å²) >= 11 is 0. The Balaban J connectivity index is 2.02. The zero-order valence-corrected chi connectivity index (χ0v) is 12.4. The van der Waals surface area contributed by atoms with Crippen LogP contribution >= 0.6 is 0 Å². The second-order valence-electron chi connectivity index (χ2n) is 4.83. The first-order valence-electron chi connectivity index (χ1n) is 6.43. The fraction of sp³-hybridized carbons (Fsp3) is 0.286. The summed E-state index contributed by atoms with van der Waals surface area (Å²) in [5.74, 6) is -0.382. The number of carbonyl (C=O) groups is 2. The van der Waals surface area contributed by atoms with Gasteiger partial charge in [0.1, 0.15) is 0 Å². The number of carbonyl (C=O) groups excluding carboxylic acids is 2. The summed E-state index contributed by atoms with van der Waals surface area (Å²) in [6.45, 7) is 0.120. The molecule has 0 radical (unpaired) electrons. The van der Waals surface area contributed by atoms with Crippen molar-refractivity contribution in [2.75, 3.05) is 18.1 Å². The smallest absolute Gasteiger partial charge is 0.251 e. The number of benzene rings is 1. The van der Waals surface area contributed by atoms with Gasteiger partial charge in [-0.2, -0.15) is 0 Å². The van der Waals surface area contributed by atoms with Crippen molar-refractivity contribution in [1.29, 1.82) is 0 Å². The van der Waals surface area contributed by atoms with E-state index in [0.29, 0.717) is 24.1 Å². The number of hydrogen-bond donors (Lipinski definition) is 2. The Hall–Kier alpha value is -2.15. The van der Waals surface area contributed by atoms with Crippen LogP contribution in [0.15, 0.2) is 29.7 Å². The van der Waals surface area contributed by atoms with Gasteiger partial charge in [-0.25, -0.2) is 8.42 Å². The molecule has 0 aromatic heterocycles. The summed E-state index contributed by atoms with van der Waals surface area (Å²) in [5, 5.41) is 6.36. The zero-order valence-electron chi connectivity index (χ0n) is 11.5. The van der Waals surface area contributed by atoms with Gasteiger partial charge >= 0.3 is 0 Å². The van der Waals surface area contributed by atoms with Crippen LogP contribution in [0.3, 0.4) is 0 Å². The van der Waals surface area contributed by atoms with Crippen LogP contribution in [0, 0.1) is 0 Å². The number of anilines is 1. The van der Waals surface area contributed by atoms with E-state index in [0.717, 1.165) is 17.2 Å². The average Bonchev–Trinajstić information content (AvgIpc) is 2.41. The minimum atomic E-state index is -3.18. The zero-order chi connectivity index (χ0) is 15.5. The van der Waals surface area contributed by atoms with E-state index < -0.39 is 9.84 Å². The lowest BCUT2D eigenvalue weighted by Crippen LogP contribution is -2.24. The highest BCUT2D eigenvalue weighted by Gasteiger charge is 2.16. The Kier molecular flexibility index (Phi) is 4.42. The van der Waals surface area contributed by atoms with Gasteiger partial charge < -0.3 is 10.6 Å². The number of sulfone groups is 1. The first-order valence-corrected chi connectivity index (χ1v) is 8.38. The molecule has 1 aromatic rings. The predicted molar refractivity (Wildman–Crippen MR) is 79.7 cm³/mol. The maximum Gasteiger partial charge on any atom is 0.251 e. The number of rotatable bonds is 4. The summed E-state index contributed by atoms with van der Waals surface area (Å²) < 4.78 is 21.8. The number of nitrogens with one attached hydrogen (secondary N) is 2. The minimum Gasteiger partial charge on any atom is -0.349 e. The first kappa shape index (κ1) is 15.2. The van der Waals surface area contributed by atoms with Crippen molar-refractivity contribution in [3.8, 4) is 0 Å². The molecule has 7 heteroatoms. The number of aryl methyl sites for hydroxylation is 1. The maximum atomic E-state index is 11.9. The lowest BCUT2D eigenvalue weighted by molar-refractivity contribution is -0.116. The highest BCUT2D eigenvalue weighted by atomic mass is 32.2. The predicted octanol–water partition coefficient (Wildman–Crippen LogP) is 0.859. The molecule has 0 saturated heterocycles. The molecule has 0 saturated carbocycles. The number of amides is 2. The van der Waals surface area contributed by atoms with Gasteiger partial charge in [-0.05, 0) is 24.1 Å². The van der Waals surface area contributed by atoms with E-state index in [4.69, 9.17) is 0 Å². The van der Waals surface area contributed by atoms with E-state index in [1.165, 1.54) is 6.08 Å². The molecule has 1 heterocycles. The average molecular weight is 308 g/mol. The van der Waals surface area contributed by atoms with Crippen LogP contribution in [0.5, 0.6) is 0 Å². The normalized spacial score (nSPS) is 14.6. The molecule has 2 N–H and O–H groups in total. The first-order chi connectivity index (χ1) is 9.85. The van der Waals surface area contributed by atoms with Crippen molar-refractivity contribution in [3.63, 3.8) is 0 Å². The third-order valence-corrected chi connectivity index (χ3v) is 3.68. The van der Waals surface area contributed by atoms with E-state index in [1.807, 2.05) is 6.07 Å². The van der Waals surface area contributed by atoms with Crippen LogP contribution < -0.4 is 10.6 Å². The maximum absolute atomic E-state index is 11.9. The molecule has 0 fully saturated rings. The lowest BCUT2D eigenvalue weighted by Gasteiger charge is -2.17. The highest BCUT2D eigenvalue weighted by molar-refractivity contribution is 7.93. The van der Waals surface area contributed by atoms with Crippen LogP contribution in [0.25, 0.3) is 0 Å². The summed E-state index contributed by atoms with van der Waals surface area (Å²) in [6.07, 6.45) is 3.57. The van der Waals surface area contributed by atoms with Gasteiger partial charge in [-0.15, -0.1) is 0 Å². The lowest BCUT2D eigenvalue weighted by atomic mass is 10.0. The third kappa shape index (κ3) is 4.42.